The van der Waals surface area contributed by atoms with E-state index in [9.17, 15) is 18.0 Å². The summed E-state index contributed by atoms with van der Waals surface area (Å²) in [7, 11) is -2.68. The van der Waals surface area contributed by atoms with Crippen LogP contribution in [0.3, 0.4) is 0 Å². The first-order valence-corrected chi connectivity index (χ1v) is 9.50. The first-order valence-electron chi connectivity index (χ1n) is 8.02. The zero-order chi connectivity index (χ0) is 18.7. The number of amides is 2. The molecule has 0 aliphatic heterocycles. The lowest BCUT2D eigenvalue weighted by Gasteiger charge is -2.10. The lowest BCUT2D eigenvalue weighted by atomic mass is 10.2. The van der Waals surface area contributed by atoms with E-state index >= 15 is 0 Å². The second-order valence-electron chi connectivity index (χ2n) is 5.91. The Labute approximate surface area is 151 Å². The van der Waals surface area contributed by atoms with Crippen LogP contribution in [0.15, 0.2) is 53.4 Å². The molecule has 7 nitrogen and oxygen atoms in total. The van der Waals surface area contributed by atoms with Gasteiger partial charge in [-0.2, -0.15) is 0 Å². The fourth-order valence-corrected chi connectivity index (χ4v) is 3.32. The summed E-state index contributed by atoms with van der Waals surface area (Å²) >= 11 is 0. The van der Waals surface area contributed by atoms with Gasteiger partial charge >= 0.3 is 0 Å². The predicted octanol–water partition coefficient (Wildman–Crippen LogP) is 1.71. The van der Waals surface area contributed by atoms with E-state index in [-0.39, 0.29) is 28.2 Å². The van der Waals surface area contributed by atoms with E-state index in [1.54, 1.807) is 18.2 Å². The number of methoxy groups -OCH3 is 1. The lowest BCUT2D eigenvalue weighted by molar-refractivity contribution is 0.0948. The van der Waals surface area contributed by atoms with Crippen molar-refractivity contribution in [1.82, 2.24) is 10.0 Å². The number of ether oxygens (including phenoxy) is 1. The lowest BCUT2D eigenvalue weighted by Crippen LogP contribution is -2.31. The maximum Gasteiger partial charge on any atom is 0.268 e. The number of sulfonamides is 1. The van der Waals surface area contributed by atoms with E-state index in [0.717, 1.165) is 12.8 Å². The summed E-state index contributed by atoms with van der Waals surface area (Å²) in [6, 6.07) is 11.9. The van der Waals surface area contributed by atoms with Crippen molar-refractivity contribution in [1.29, 1.82) is 0 Å². The van der Waals surface area contributed by atoms with Crippen molar-refractivity contribution in [3.05, 3.63) is 59.7 Å². The van der Waals surface area contributed by atoms with E-state index in [2.05, 4.69) is 5.32 Å². The maximum absolute atomic E-state index is 12.4. The van der Waals surface area contributed by atoms with Gasteiger partial charge in [-0.15, -0.1) is 0 Å². The second-order valence-corrected chi connectivity index (χ2v) is 7.59. The van der Waals surface area contributed by atoms with Gasteiger partial charge in [-0.05, 0) is 49.2 Å². The minimum absolute atomic E-state index is 0.108. The molecule has 2 aromatic carbocycles. The molecule has 0 bridgehead atoms. The van der Waals surface area contributed by atoms with Crippen LogP contribution in [0, 0.1) is 0 Å². The topological polar surface area (TPSA) is 102 Å². The van der Waals surface area contributed by atoms with Crippen LogP contribution in [0.1, 0.15) is 33.6 Å². The van der Waals surface area contributed by atoms with Crippen molar-refractivity contribution in [3.8, 4) is 5.75 Å². The molecule has 2 aromatic rings. The number of benzene rings is 2. The highest BCUT2D eigenvalue weighted by Crippen LogP contribution is 2.20. The number of hydrogen-bond acceptors (Lipinski definition) is 5. The van der Waals surface area contributed by atoms with Crippen LogP contribution in [-0.4, -0.2) is 33.4 Å². The quantitative estimate of drug-likeness (QED) is 0.801. The number of hydrogen-bond donors (Lipinski definition) is 2. The van der Waals surface area contributed by atoms with Gasteiger partial charge in [0.15, 0.2) is 0 Å². The standard InChI is InChI=1S/C18H18N2O5S/c1-25-16-5-3-2-4-15(16)18(22)20-26(23,24)14-10-6-12(7-11-14)17(21)19-13-8-9-13/h2-7,10-11,13H,8-9H2,1H3,(H,19,21)(H,20,22). The van der Waals surface area contributed by atoms with Gasteiger partial charge in [-0.1, -0.05) is 12.1 Å². The van der Waals surface area contributed by atoms with Crippen LogP contribution in [-0.2, 0) is 10.0 Å². The number of rotatable bonds is 6. The molecule has 0 heterocycles. The summed E-state index contributed by atoms with van der Waals surface area (Å²) in [6.07, 6.45) is 1.93. The Bertz CT molecular complexity index is 934. The molecule has 8 heteroatoms. The second kappa shape index (κ2) is 7.17. The fraction of sp³-hybridized carbons (Fsp3) is 0.222. The Morgan fingerprint density at radius 1 is 1.00 bits per heavy atom. The number of carbonyl (C=O) groups is 2. The summed E-state index contributed by atoms with van der Waals surface area (Å²) in [5.41, 5.74) is 0.478. The van der Waals surface area contributed by atoms with Gasteiger partial charge in [-0.25, -0.2) is 13.1 Å². The van der Waals surface area contributed by atoms with Crippen LogP contribution in [0.25, 0.3) is 0 Å². The number of carbonyl (C=O) groups excluding carboxylic acids is 2. The fourth-order valence-electron chi connectivity index (χ4n) is 2.35. The van der Waals surface area contributed by atoms with Crippen LogP contribution < -0.4 is 14.8 Å². The van der Waals surface area contributed by atoms with Crippen LogP contribution in [0.2, 0.25) is 0 Å². The molecular formula is C18H18N2O5S. The normalized spacial score (nSPS) is 13.7. The third-order valence-electron chi connectivity index (χ3n) is 3.92. The van der Waals surface area contributed by atoms with E-state index in [4.69, 9.17) is 4.74 Å². The number of nitrogens with one attached hydrogen (secondary N) is 2. The molecule has 0 radical (unpaired) electrons. The van der Waals surface area contributed by atoms with Gasteiger partial charge in [0.2, 0.25) is 0 Å². The largest absolute Gasteiger partial charge is 0.496 e. The Morgan fingerprint density at radius 3 is 2.27 bits per heavy atom. The summed E-state index contributed by atoms with van der Waals surface area (Å²) in [5, 5.41) is 2.82. The Morgan fingerprint density at radius 2 is 1.65 bits per heavy atom. The Kier molecular flexibility index (Phi) is 4.94. The van der Waals surface area contributed by atoms with Crippen molar-refractivity contribution in [2.24, 2.45) is 0 Å². The molecule has 1 fully saturated rings. The zero-order valence-corrected chi connectivity index (χ0v) is 14.9. The maximum atomic E-state index is 12.4. The molecule has 1 saturated carbocycles. The van der Waals surface area contributed by atoms with Crippen LogP contribution in [0.4, 0.5) is 0 Å². The van der Waals surface area contributed by atoms with Crippen molar-refractivity contribution >= 4 is 21.8 Å². The molecule has 0 unspecified atom stereocenters. The molecule has 3 rings (SSSR count). The molecule has 0 saturated heterocycles. The third kappa shape index (κ3) is 4.02. The van der Waals surface area contributed by atoms with Gasteiger partial charge in [-0.3, -0.25) is 9.59 Å². The molecule has 136 valence electrons. The Balaban J connectivity index is 1.75. The van der Waals surface area contributed by atoms with Gasteiger partial charge in [0, 0.05) is 11.6 Å². The van der Waals surface area contributed by atoms with Gasteiger partial charge in [0.05, 0.1) is 17.6 Å². The molecular weight excluding hydrogens is 356 g/mol. The van der Waals surface area contributed by atoms with E-state index in [0.29, 0.717) is 5.56 Å². The van der Waals surface area contributed by atoms with Crippen LogP contribution >= 0.6 is 0 Å². The monoisotopic (exact) mass is 374 g/mol. The van der Waals surface area contributed by atoms with Gasteiger partial charge in [0.1, 0.15) is 5.75 Å². The van der Waals surface area contributed by atoms with E-state index in [1.807, 2.05) is 4.72 Å². The number of para-hydroxylation sites is 1. The summed E-state index contributed by atoms with van der Waals surface area (Å²) < 4.78 is 31.9. The minimum Gasteiger partial charge on any atom is -0.496 e. The average Bonchev–Trinajstić information content (AvgIpc) is 3.45. The Hall–Kier alpha value is -2.87. The highest BCUT2D eigenvalue weighted by atomic mass is 32.2. The predicted molar refractivity (Wildman–Crippen MR) is 94.6 cm³/mol. The molecule has 2 amide bonds. The third-order valence-corrected chi connectivity index (χ3v) is 5.26. The highest BCUT2D eigenvalue weighted by molar-refractivity contribution is 7.90. The smallest absolute Gasteiger partial charge is 0.268 e. The molecule has 1 aliphatic carbocycles. The van der Waals surface area contributed by atoms with E-state index < -0.39 is 15.9 Å². The zero-order valence-electron chi connectivity index (χ0n) is 14.1. The van der Waals surface area contributed by atoms with Crippen molar-refractivity contribution < 1.29 is 22.7 Å². The highest BCUT2D eigenvalue weighted by Gasteiger charge is 2.24. The van der Waals surface area contributed by atoms with Crippen molar-refractivity contribution in [2.45, 2.75) is 23.8 Å². The molecule has 2 N–H and O–H groups in total. The average molecular weight is 374 g/mol. The van der Waals surface area contributed by atoms with Crippen molar-refractivity contribution in [2.75, 3.05) is 7.11 Å². The SMILES string of the molecule is COc1ccccc1C(=O)NS(=O)(=O)c1ccc(C(=O)NC2CC2)cc1. The molecule has 26 heavy (non-hydrogen) atoms. The minimum atomic E-state index is -4.07. The summed E-state index contributed by atoms with van der Waals surface area (Å²) in [6.45, 7) is 0. The van der Waals surface area contributed by atoms with E-state index in [1.165, 1.54) is 37.4 Å². The molecule has 0 spiro atoms. The first-order chi connectivity index (χ1) is 12.4. The summed E-state index contributed by atoms with van der Waals surface area (Å²) in [4.78, 5) is 24.1. The first kappa shape index (κ1) is 17.9. The van der Waals surface area contributed by atoms with Crippen molar-refractivity contribution in [3.63, 3.8) is 0 Å². The van der Waals surface area contributed by atoms with Gasteiger partial charge in [0.25, 0.3) is 21.8 Å². The molecule has 1 aliphatic rings. The molecule has 0 atom stereocenters. The van der Waals surface area contributed by atoms with Crippen LogP contribution in [0.5, 0.6) is 5.75 Å². The van der Waals surface area contributed by atoms with Gasteiger partial charge < -0.3 is 10.1 Å². The summed E-state index contributed by atoms with van der Waals surface area (Å²) in [5.74, 6) is -0.764. The molecule has 0 aromatic heterocycles.